The summed E-state index contributed by atoms with van der Waals surface area (Å²) in [7, 11) is 0. The fourth-order valence-corrected chi connectivity index (χ4v) is 3.18. The highest BCUT2D eigenvalue weighted by molar-refractivity contribution is 9.10. The quantitative estimate of drug-likeness (QED) is 0.842. The number of hydrogen-bond acceptors (Lipinski definition) is 3. The van der Waals surface area contributed by atoms with Crippen LogP contribution in [-0.4, -0.2) is 26.4 Å². The van der Waals surface area contributed by atoms with Crippen molar-refractivity contribution in [3.8, 4) is 5.69 Å². The molecule has 100 valence electrons. The summed E-state index contributed by atoms with van der Waals surface area (Å²) in [5.74, 6) is -0.894. The third-order valence-electron chi connectivity index (χ3n) is 2.29. The third-order valence-corrected chi connectivity index (χ3v) is 4.10. The molecule has 4 nitrogen and oxygen atoms in total. The first-order chi connectivity index (χ1) is 8.97. The number of aromatic nitrogens is 2. The van der Waals surface area contributed by atoms with E-state index in [2.05, 4.69) is 20.9 Å². The molecule has 1 aromatic heterocycles. The van der Waals surface area contributed by atoms with Crippen molar-refractivity contribution < 1.29 is 9.90 Å². The Balaban J connectivity index is 2.40. The number of carboxylic acids is 1. The molecule has 0 atom stereocenters. The largest absolute Gasteiger partial charge is 0.481 e. The molecule has 0 bridgehead atoms. The molecule has 0 aliphatic rings. The van der Waals surface area contributed by atoms with Gasteiger partial charge in [-0.3, -0.25) is 9.36 Å². The van der Waals surface area contributed by atoms with Crippen molar-refractivity contribution in [3.63, 3.8) is 0 Å². The number of carboxylic acid groups (broad SMARTS) is 1. The lowest BCUT2D eigenvalue weighted by Gasteiger charge is -2.09. The molecule has 0 saturated carbocycles. The Labute approximate surface area is 127 Å². The van der Waals surface area contributed by atoms with Crippen LogP contribution in [0.1, 0.15) is 5.69 Å². The number of nitrogens with zero attached hydrogens (tertiary/aromatic N) is 2. The molecule has 0 fully saturated rings. The smallest absolute Gasteiger partial charge is 0.313 e. The first-order valence-corrected chi connectivity index (χ1v) is 7.49. The van der Waals surface area contributed by atoms with E-state index in [0.29, 0.717) is 10.2 Å². The zero-order valence-electron chi connectivity index (χ0n) is 9.93. The van der Waals surface area contributed by atoms with Gasteiger partial charge in [0.15, 0.2) is 5.16 Å². The summed E-state index contributed by atoms with van der Waals surface area (Å²) in [5, 5.41) is 10.0. The van der Waals surface area contributed by atoms with Gasteiger partial charge in [0, 0.05) is 15.7 Å². The van der Waals surface area contributed by atoms with E-state index in [1.807, 2.05) is 23.8 Å². The van der Waals surface area contributed by atoms with Gasteiger partial charge in [0.05, 0.1) is 17.1 Å². The zero-order chi connectivity index (χ0) is 14.0. The Morgan fingerprint density at radius 2 is 2.32 bits per heavy atom. The van der Waals surface area contributed by atoms with Crippen molar-refractivity contribution in [3.05, 3.63) is 39.6 Å². The molecule has 0 saturated heterocycles. The van der Waals surface area contributed by atoms with Crippen molar-refractivity contribution in [2.75, 3.05) is 5.75 Å². The Morgan fingerprint density at radius 3 is 2.95 bits per heavy atom. The lowest BCUT2D eigenvalue weighted by atomic mass is 10.3. The van der Waals surface area contributed by atoms with Crippen molar-refractivity contribution in [2.24, 2.45) is 0 Å². The minimum Gasteiger partial charge on any atom is -0.481 e. The number of halogens is 2. The van der Waals surface area contributed by atoms with Crippen molar-refractivity contribution >= 4 is 45.3 Å². The summed E-state index contributed by atoms with van der Waals surface area (Å²) < 4.78 is 2.68. The SMILES string of the molecule is Cc1cn(-c2ccc(Cl)cc2Br)c(SCC(=O)O)n1. The van der Waals surface area contributed by atoms with Crippen LogP contribution in [0.5, 0.6) is 0 Å². The number of carbonyl (C=O) groups is 1. The lowest BCUT2D eigenvalue weighted by Crippen LogP contribution is -2.01. The number of aryl methyl sites for hydroxylation is 1. The molecule has 0 unspecified atom stereocenters. The minimum absolute atomic E-state index is 0.0261. The van der Waals surface area contributed by atoms with Gasteiger partial charge in [-0.2, -0.15) is 0 Å². The van der Waals surface area contributed by atoms with Crippen LogP contribution >= 0.6 is 39.3 Å². The Hall–Kier alpha value is -0.980. The van der Waals surface area contributed by atoms with Crippen LogP contribution in [0.3, 0.4) is 0 Å². The van der Waals surface area contributed by atoms with E-state index in [4.69, 9.17) is 16.7 Å². The van der Waals surface area contributed by atoms with E-state index in [0.717, 1.165) is 15.9 Å². The number of imidazole rings is 1. The average molecular weight is 362 g/mol. The van der Waals surface area contributed by atoms with E-state index in [-0.39, 0.29) is 5.75 Å². The summed E-state index contributed by atoms with van der Waals surface area (Å²) in [6, 6.07) is 5.43. The molecule has 0 aliphatic heterocycles. The number of aliphatic carboxylic acids is 1. The number of benzene rings is 1. The van der Waals surface area contributed by atoms with Gasteiger partial charge in [0.2, 0.25) is 0 Å². The summed E-state index contributed by atoms with van der Waals surface area (Å²) in [5.41, 5.74) is 1.70. The van der Waals surface area contributed by atoms with E-state index in [1.54, 1.807) is 12.1 Å². The van der Waals surface area contributed by atoms with Gasteiger partial charge >= 0.3 is 5.97 Å². The molecular formula is C12H10BrClN2O2S. The molecule has 2 rings (SSSR count). The molecule has 1 N–H and O–H groups in total. The van der Waals surface area contributed by atoms with Crippen LogP contribution in [0.4, 0.5) is 0 Å². The second kappa shape index (κ2) is 5.98. The van der Waals surface area contributed by atoms with Crippen LogP contribution in [0.2, 0.25) is 5.02 Å². The van der Waals surface area contributed by atoms with Gasteiger partial charge in [0.25, 0.3) is 0 Å². The predicted molar refractivity (Wildman–Crippen MR) is 79.4 cm³/mol. The normalized spacial score (nSPS) is 10.7. The summed E-state index contributed by atoms with van der Waals surface area (Å²) in [6.07, 6.45) is 1.86. The molecule has 0 spiro atoms. The summed E-state index contributed by atoms with van der Waals surface area (Å²) in [4.78, 5) is 15.0. The molecule has 1 heterocycles. The standard InChI is InChI=1S/C12H10BrClN2O2S/c1-7-5-16(12(15-7)19-6-11(17)18)10-3-2-8(14)4-9(10)13/h2-5H,6H2,1H3,(H,17,18). The van der Waals surface area contributed by atoms with Gasteiger partial charge in [0.1, 0.15) is 0 Å². The number of hydrogen-bond donors (Lipinski definition) is 1. The highest BCUT2D eigenvalue weighted by atomic mass is 79.9. The van der Waals surface area contributed by atoms with Gasteiger partial charge in [-0.25, -0.2) is 4.98 Å². The predicted octanol–water partition coefficient (Wildman–Crippen LogP) is 3.77. The van der Waals surface area contributed by atoms with E-state index >= 15 is 0 Å². The van der Waals surface area contributed by atoms with E-state index in [9.17, 15) is 4.79 Å². The van der Waals surface area contributed by atoms with Crippen molar-refractivity contribution in [1.29, 1.82) is 0 Å². The number of thioether (sulfide) groups is 1. The van der Waals surface area contributed by atoms with E-state index in [1.165, 1.54) is 11.8 Å². The van der Waals surface area contributed by atoms with Gasteiger partial charge in [-0.05, 0) is 41.1 Å². The second-order valence-corrected chi connectivity index (χ2v) is 6.05. The van der Waals surface area contributed by atoms with Crippen molar-refractivity contribution in [2.45, 2.75) is 12.1 Å². The molecule has 7 heteroatoms. The first kappa shape index (κ1) is 14.4. The number of rotatable bonds is 4. The van der Waals surface area contributed by atoms with Crippen molar-refractivity contribution in [1.82, 2.24) is 9.55 Å². The van der Waals surface area contributed by atoms with Crippen LogP contribution in [0, 0.1) is 6.92 Å². The van der Waals surface area contributed by atoms with E-state index < -0.39 is 5.97 Å². The highest BCUT2D eigenvalue weighted by Crippen LogP contribution is 2.29. The fourth-order valence-electron chi connectivity index (χ4n) is 1.55. The minimum atomic E-state index is -0.868. The van der Waals surface area contributed by atoms with Gasteiger partial charge in [-0.15, -0.1) is 0 Å². The third kappa shape index (κ3) is 3.52. The highest BCUT2D eigenvalue weighted by Gasteiger charge is 2.12. The van der Waals surface area contributed by atoms with Crippen LogP contribution in [0.15, 0.2) is 34.0 Å². The maximum absolute atomic E-state index is 10.7. The Morgan fingerprint density at radius 1 is 1.58 bits per heavy atom. The first-order valence-electron chi connectivity index (χ1n) is 5.33. The topological polar surface area (TPSA) is 55.1 Å². The van der Waals surface area contributed by atoms with Gasteiger partial charge in [-0.1, -0.05) is 23.4 Å². The molecule has 0 amide bonds. The maximum atomic E-state index is 10.7. The maximum Gasteiger partial charge on any atom is 0.313 e. The lowest BCUT2D eigenvalue weighted by molar-refractivity contribution is -0.133. The molecule has 1 aromatic carbocycles. The summed E-state index contributed by atoms with van der Waals surface area (Å²) in [6.45, 7) is 1.87. The summed E-state index contributed by atoms with van der Waals surface area (Å²) >= 11 is 10.5. The molecular weight excluding hydrogens is 352 g/mol. The average Bonchev–Trinajstić information content (AvgIpc) is 2.67. The molecule has 0 aliphatic carbocycles. The molecule has 2 aromatic rings. The van der Waals surface area contributed by atoms with Crippen LogP contribution in [-0.2, 0) is 4.79 Å². The Bertz CT molecular complexity index is 630. The molecule has 19 heavy (non-hydrogen) atoms. The van der Waals surface area contributed by atoms with Crippen LogP contribution < -0.4 is 0 Å². The monoisotopic (exact) mass is 360 g/mol. The second-order valence-electron chi connectivity index (χ2n) is 3.81. The van der Waals surface area contributed by atoms with Gasteiger partial charge < -0.3 is 5.11 Å². The fraction of sp³-hybridized carbons (Fsp3) is 0.167. The Kier molecular flexibility index (Phi) is 4.54. The van der Waals surface area contributed by atoms with Crippen LogP contribution in [0.25, 0.3) is 5.69 Å². The molecule has 0 radical (unpaired) electrons. The zero-order valence-corrected chi connectivity index (χ0v) is 13.1.